The first kappa shape index (κ1) is 20.2. The van der Waals surface area contributed by atoms with Crippen molar-refractivity contribution in [3.8, 4) is 0 Å². The van der Waals surface area contributed by atoms with Crippen molar-refractivity contribution in [2.45, 2.75) is 24.7 Å². The number of amides is 1. The second-order valence-corrected chi connectivity index (χ2v) is 10.6. The van der Waals surface area contributed by atoms with Crippen LogP contribution in [0.5, 0.6) is 0 Å². The molecule has 0 unspecified atom stereocenters. The van der Waals surface area contributed by atoms with E-state index in [1.807, 2.05) is 0 Å². The van der Waals surface area contributed by atoms with Gasteiger partial charge in [0.05, 0.1) is 16.4 Å². The summed E-state index contributed by atoms with van der Waals surface area (Å²) in [5, 5.41) is 2.66. The molecule has 3 rings (SSSR count). The van der Waals surface area contributed by atoms with Crippen LogP contribution in [-0.2, 0) is 24.7 Å². The molecule has 0 radical (unpaired) electrons. The van der Waals surface area contributed by atoms with Gasteiger partial charge in [0.25, 0.3) is 10.0 Å². The molecular formula is C17H20N4O5S2. The molecule has 2 heterocycles. The smallest absolute Gasteiger partial charge is 0.264 e. The van der Waals surface area contributed by atoms with E-state index in [0.717, 1.165) is 0 Å². The van der Waals surface area contributed by atoms with E-state index in [2.05, 4.69) is 20.0 Å². The van der Waals surface area contributed by atoms with Gasteiger partial charge < -0.3 is 5.32 Å². The Bertz CT molecular complexity index is 1080. The highest BCUT2D eigenvalue weighted by Crippen LogP contribution is 2.22. The van der Waals surface area contributed by atoms with Crippen LogP contribution in [0, 0.1) is 12.8 Å². The molecule has 1 aromatic heterocycles. The fourth-order valence-electron chi connectivity index (χ4n) is 2.90. The Morgan fingerprint density at radius 2 is 1.93 bits per heavy atom. The van der Waals surface area contributed by atoms with Gasteiger partial charge in [-0.05, 0) is 49.6 Å². The minimum Gasteiger partial charge on any atom is -0.326 e. The topological polar surface area (TPSA) is 135 Å². The van der Waals surface area contributed by atoms with Gasteiger partial charge >= 0.3 is 0 Å². The van der Waals surface area contributed by atoms with Crippen LogP contribution in [0.15, 0.2) is 41.4 Å². The Kier molecular flexibility index (Phi) is 5.66. The monoisotopic (exact) mass is 424 g/mol. The van der Waals surface area contributed by atoms with E-state index in [-0.39, 0.29) is 40.6 Å². The quantitative estimate of drug-likeness (QED) is 0.714. The standard InChI is InChI=1S/C17H20N4O5S2/c1-12-6-8-18-17(19-12)21-28(25,26)15-4-2-14(3-5-15)20-16(22)10-13-7-9-27(23,24)11-13/h2-6,8,13H,7,9-11H2,1H3,(H,20,22)(H,18,19,21)/t13-/m0/s1. The number of rotatable bonds is 6. The number of nitrogens with one attached hydrogen (secondary N) is 2. The number of sulfone groups is 1. The highest BCUT2D eigenvalue weighted by Gasteiger charge is 2.29. The maximum Gasteiger partial charge on any atom is 0.264 e. The number of aryl methyl sites for hydroxylation is 1. The summed E-state index contributed by atoms with van der Waals surface area (Å²) in [7, 11) is -6.89. The number of benzene rings is 1. The maximum atomic E-state index is 12.4. The fraction of sp³-hybridized carbons (Fsp3) is 0.353. The molecule has 28 heavy (non-hydrogen) atoms. The van der Waals surface area contributed by atoms with Crippen LogP contribution in [0.2, 0.25) is 0 Å². The van der Waals surface area contributed by atoms with Gasteiger partial charge in [-0.1, -0.05) is 0 Å². The molecule has 2 aromatic rings. The number of anilines is 2. The lowest BCUT2D eigenvalue weighted by atomic mass is 10.1. The second-order valence-electron chi connectivity index (χ2n) is 6.67. The molecule has 1 saturated heterocycles. The Morgan fingerprint density at radius 1 is 1.21 bits per heavy atom. The Balaban J connectivity index is 1.62. The SMILES string of the molecule is Cc1ccnc(NS(=O)(=O)c2ccc(NC(=O)C[C@@H]3CCS(=O)(=O)C3)cc2)n1. The number of sulfonamides is 1. The largest absolute Gasteiger partial charge is 0.326 e. The van der Waals surface area contributed by atoms with Gasteiger partial charge in [-0.2, -0.15) is 0 Å². The zero-order valence-electron chi connectivity index (χ0n) is 15.1. The first-order valence-corrected chi connectivity index (χ1v) is 11.9. The van der Waals surface area contributed by atoms with Gasteiger partial charge in [0.2, 0.25) is 11.9 Å². The molecule has 1 aliphatic heterocycles. The minimum atomic E-state index is -3.86. The van der Waals surface area contributed by atoms with E-state index in [0.29, 0.717) is 17.8 Å². The van der Waals surface area contributed by atoms with Crippen LogP contribution in [0.3, 0.4) is 0 Å². The summed E-state index contributed by atoms with van der Waals surface area (Å²) < 4.78 is 50.0. The molecule has 11 heteroatoms. The van der Waals surface area contributed by atoms with Gasteiger partial charge in [0.1, 0.15) is 0 Å². The van der Waals surface area contributed by atoms with Crippen LogP contribution in [0.25, 0.3) is 0 Å². The van der Waals surface area contributed by atoms with Crippen LogP contribution >= 0.6 is 0 Å². The molecule has 1 aliphatic rings. The first-order chi connectivity index (χ1) is 13.1. The van der Waals surface area contributed by atoms with Gasteiger partial charge in [-0.3, -0.25) is 4.79 Å². The van der Waals surface area contributed by atoms with Crippen molar-refractivity contribution in [3.05, 3.63) is 42.2 Å². The summed E-state index contributed by atoms with van der Waals surface area (Å²) in [6.07, 6.45) is 2.06. The number of nitrogens with zero attached hydrogens (tertiary/aromatic N) is 2. The molecule has 1 fully saturated rings. The van der Waals surface area contributed by atoms with E-state index >= 15 is 0 Å². The van der Waals surface area contributed by atoms with Crippen molar-refractivity contribution in [2.24, 2.45) is 5.92 Å². The van der Waals surface area contributed by atoms with Gasteiger partial charge in [-0.15, -0.1) is 0 Å². The summed E-state index contributed by atoms with van der Waals surface area (Å²) in [5.41, 5.74) is 1.05. The van der Waals surface area contributed by atoms with Crippen molar-refractivity contribution >= 4 is 37.4 Å². The lowest BCUT2D eigenvalue weighted by molar-refractivity contribution is -0.116. The number of aromatic nitrogens is 2. The first-order valence-electron chi connectivity index (χ1n) is 8.56. The zero-order chi connectivity index (χ0) is 20.4. The molecule has 2 N–H and O–H groups in total. The Labute approximate surface area is 163 Å². The van der Waals surface area contributed by atoms with E-state index < -0.39 is 19.9 Å². The van der Waals surface area contributed by atoms with E-state index in [9.17, 15) is 21.6 Å². The highest BCUT2D eigenvalue weighted by molar-refractivity contribution is 7.92. The molecule has 0 aliphatic carbocycles. The van der Waals surface area contributed by atoms with Gasteiger partial charge in [0.15, 0.2) is 9.84 Å². The normalized spacial score (nSPS) is 18.5. The summed E-state index contributed by atoms with van der Waals surface area (Å²) in [5.74, 6) is -0.351. The van der Waals surface area contributed by atoms with Gasteiger partial charge in [0, 0.05) is 24.0 Å². The lowest BCUT2D eigenvalue weighted by Crippen LogP contribution is -2.18. The predicted octanol–water partition coefficient (Wildman–Crippen LogP) is 1.35. The van der Waals surface area contributed by atoms with E-state index in [1.165, 1.54) is 30.5 Å². The van der Waals surface area contributed by atoms with Crippen LogP contribution < -0.4 is 10.0 Å². The lowest BCUT2D eigenvalue weighted by Gasteiger charge is -2.10. The van der Waals surface area contributed by atoms with Crippen LogP contribution in [0.1, 0.15) is 18.5 Å². The average Bonchev–Trinajstić information content (AvgIpc) is 2.93. The molecule has 150 valence electrons. The molecule has 0 spiro atoms. The number of hydrogen-bond donors (Lipinski definition) is 2. The molecule has 1 aromatic carbocycles. The third-order valence-electron chi connectivity index (χ3n) is 4.27. The molecule has 1 atom stereocenters. The fourth-order valence-corrected chi connectivity index (χ4v) is 5.71. The minimum absolute atomic E-state index is 0.00232. The average molecular weight is 425 g/mol. The summed E-state index contributed by atoms with van der Waals surface area (Å²) in [4.78, 5) is 19.9. The highest BCUT2D eigenvalue weighted by atomic mass is 32.2. The van der Waals surface area contributed by atoms with E-state index in [4.69, 9.17) is 0 Å². The number of carbonyl (C=O) groups is 1. The zero-order valence-corrected chi connectivity index (χ0v) is 16.8. The van der Waals surface area contributed by atoms with Crippen molar-refractivity contribution in [3.63, 3.8) is 0 Å². The predicted molar refractivity (Wildman–Crippen MR) is 104 cm³/mol. The third-order valence-corrected chi connectivity index (χ3v) is 7.45. The Hall–Kier alpha value is -2.53. The van der Waals surface area contributed by atoms with Crippen LogP contribution in [-0.4, -0.2) is 44.2 Å². The van der Waals surface area contributed by atoms with Crippen LogP contribution in [0.4, 0.5) is 11.6 Å². The molecular weight excluding hydrogens is 404 g/mol. The maximum absolute atomic E-state index is 12.4. The van der Waals surface area contributed by atoms with Crippen molar-refractivity contribution < 1.29 is 21.6 Å². The second kappa shape index (κ2) is 7.84. The summed E-state index contributed by atoms with van der Waals surface area (Å²) in [6, 6.07) is 7.29. The molecule has 1 amide bonds. The number of carbonyl (C=O) groups excluding carboxylic acids is 1. The molecule has 9 nitrogen and oxygen atoms in total. The number of hydrogen-bond acceptors (Lipinski definition) is 7. The molecule has 0 saturated carbocycles. The van der Waals surface area contributed by atoms with Crippen molar-refractivity contribution in [1.29, 1.82) is 0 Å². The van der Waals surface area contributed by atoms with Gasteiger partial charge in [-0.25, -0.2) is 31.5 Å². The van der Waals surface area contributed by atoms with E-state index in [1.54, 1.807) is 13.0 Å². The van der Waals surface area contributed by atoms with Crippen molar-refractivity contribution in [1.82, 2.24) is 9.97 Å². The van der Waals surface area contributed by atoms with Crippen molar-refractivity contribution in [2.75, 3.05) is 21.5 Å². The summed E-state index contributed by atoms with van der Waals surface area (Å²) >= 11 is 0. The third kappa shape index (κ3) is 5.26. The Morgan fingerprint density at radius 3 is 2.54 bits per heavy atom. The summed E-state index contributed by atoms with van der Waals surface area (Å²) in [6.45, 7) is 1.72. The molecule has 0 bridgehead atoms.